The van der Waals surface area contributed by atoms with Crippen LogP contribution in [0.3, 0.4) is 0 Å². The number of sulfonamides is 1. The fourth-order valence-corrected chi connectivity index (χ4v) is 2.44. The Balaban J connectivity index is 2.57. The van der Waals surface area contributed by atoms with Crippen molar-refractivity contribution in [3.05, 3.63) is 30.3 Å². The van der Waals surface area contributed by atoms with E-state index in [0.717, 1.165) is 0 Å². The first kappa shape index (κ1) is 17.1. The van der Waals surface area contributed by atoms with Gasteiger partial charge in [-0.15, -0.1) is 0 Å². The molecule has 116 valence electrons. The maximum atomic E-state index is 11.9. The number of hydrogen-bond donors (Lipinski definition) is 3. The molecule has 1 aromatic rings. The van der Waals surface area contributed by atoms with Crippen LogP contribution in [0.5, 0.6) is 0 Å². The van der Waals surface area contributed by atoms with E-state index in [4.69, 9.17) is 5.73 Å². The van der Waals surface area contributed by atoms with Gasteiger partial charge in [-0.2, -0.15) is 0 Å². The Labute approximate surface area is 124 Å². The zero-order chi connectivity index (χ0) is 16.0. The average molecular weight is 313 g/mol. The average Bonchev–Trinajstić information content (AvgIpc) is 2.44. The van der Waals surface area contributed by atoms with E-state index in [-0.39, 0.29) is 10.8 Å². The van der Waals surface area contributed by atoms with Crippen molar-refractivity contribution in [3.63, 3.8) is 0 Å². The fourth-order valence-electron chi connectivity index (χ4n) is 1.43. The van der Waals surface area contributed by atoms with E-state index in [1.807, 2.05) is 4.72 Å². The molecule has 0 aromatic heterocycles. The topological polar surface area (TPSA) is 118 Å². The molecular formula is C13H19N3O4S. The lowest BCUT2D eigenvalue weighted by molar-refractivity contribution is -0.126. The minimum absolute atomic E-state index is 0.0245. The molecule has 7 nitrogen and oxygen atoms in total. The molecule has 0 aliphatic heterocycles. The van der Waals surface area contributed by atoms with Gasteiger partial charge >= 0.3 is 0 Å². The van der Waals surface area contributed by atoms with Crippen molar-refractivity contribution in [3.8, 4) is 0 Å². The summed E-state index contributed by atoms with van der Waals surface area (Å²) in [5, 5.41) is 2.30. The number of benzene rings is 1. The Bertz CT molecular complexity index is 599. The molecule has 1 rings (SSSR count). The van der Waals surface area contributed by atoms with Gasteiger partial charge < -0.3 is 11.1 Å². The van der Waals surface area contributed by atoms with Crippen LogP contribution in [0.4, 0.5) is 0 Å². The molecule has 0 aliphatic carbocycles. The van der Waals surface area contributed by atoms with E-state index in [2.05, 4.69) is 5.32 Å². The van der Waals surface area contributed by atoms with Crippen LogP contribution < -0.4 is 15.8 Å². The van der Waals surface area contributed by atoms with Crippen molar-refractivity contribution in [2.75, 3.05) is 6.54 Å². The number of rotatable bonds is 6. The second-order valence-electron chi connectivity index (χ2n) is 4.83. The van der Waals surface area contributed by atoms with E-state index < -0.39 is 34.4 Å². The monoisotopic (exact) mass is 313 g/mol. The highest BCUT2D eigenvalue weighted by Crippen LogP contribution is 2.06. The summed E-state index contributed by atoms with van der Waals surface area (Å²) in [5.41, 5.74) is 5.60. The Morgan fingerprint density at radius 3 is 2.29 bits per heavy atom. The van der Waals surface area contributed by atoms with Crippen molar-refractivity contribution in [1.82, 2.24) is 10.0 Å². The smallest absolute Gasteiger partial charge is 0.264 e. The Morgan fingerprint density at radius 2 is 1.76 bits per heavy atom. The molecule has 0 heterocycles. The van der Waals surface area contributed by atoms with Crippen LogP contribution in [0.1, 0.15) is 13.8 Å². The second kappa shape index (κ2) is 7.19. The maximum Gasteiger partial charge on any atom is 0.264 e. The van der Waals surface area contributed by atoms with Crippen molar-refractivity contribution < 1.29 is 18.0 Å². The minimum atomic E-state index is -3.93. The third-order valence-electron chi connectivity index (χ3n) is 2.75. The molecule has 0 bridgehead atoms. The first-order valence-electron chi connectivity index (χ1n) is 6.38. The minimum Gasteiger partial charge on any atom is -0.346 e. The van der Waals surface area contributed by atoms with Gasteiger partial charge in [0.15, 0.2) is 0 Å². The molecule has 0 radical (unpaired) electrons. The molecule has 2 amide bonds. The van der Waals surface area contributed by atoms with Gasteiger partial charge in [-0.1, -0.05) is 32.0 Å². The summed E-state index contributed by atoms with van der Waals surface area (Å²) < 4.78 is 25.6. The van der Waals surface area contributed by atoms with Gasteiger partial charge in [-0.25, -0.2) is 13.1 Å². The summed E-state index contributed by atoms with van der Waals surface area (Å²) in [7, 11) is -3.93. The van der Waals surface area contributed by atoms with Crippen molar-refractivity contribution in [2.24, 2.45) is 11.7 Å². The molecule has 8 heteroatoms. The van der Waals surface area contributed by atoms with E-state index in [1.165, 1.54) is 12.1 Å². The second-order valence-corrected chi connectivity index (χ2v) is 6.51. The zero-order valence-electron chi connectivity index (χ0n) is 11.9. The molecule has 0 fully saturated rings. The Hall–Kier alpha value is -1.93. The van der Waals surface area contributed by atoms with Crippen LogP contribution in [0, 0.1) is 5.92 Å². The zero-order valence-corrected chi connectivity index (χ0v) is 12.7. The number of amides is 2. The van der Waals surface area contributed by atoms with Gasteiger partial charge in [0.05, 0.1) is 17.5 Å². The standard InChI is InChI=1S/C13H19N3O4S/c1-9(2)12(14)13(18)15-8-11(17)16-21(19,20)10-6-4-3-5-7-10/h3-7,9,12H,8,14H2,1-2H3,(H,15,18)(H,16,17)/t12-/m0/s1. The first-order chi connectivity index (χ1) is 9.74. The maximum absolute atomic E-state index is 11.9. The molecule has 0 saturated carbocycles. The predicted octanol–water partition coefficient (Wildman–Crippen LogP) is -0.409. The molecule has 0 saturated heterocycles. The molecule has 0 spiro atoms. The highest BCUT2D eigenvalue weighted by molar-refractivity contribution is 7.90. The van der Waals surface area contributed by atoms with E-state index >= 15 is 0 Å². The summed E-state index contributed by atoms with van der Waals surface area (Å²) in [4.78, 5) is 23.1. The van der Waals surface area contributed by atoms with Crippen LogP contribution in [0.2, 0.25) is 0 Å². The largest absolute Gasteiger partial charge is 0.346 e. The number of carbonyl (C=O) groups excluding carboxylic acids is 2. The summed E-state index contributed by atoms with van der Waals surface area (Å²) in [6.07, 6.45) is 0. The lowest BCUT2D eigenvalue weighted by Gasteiger charge is -2.15. The van der Waals surface area contributed by atoms with Crippen LogP contribution in [-0.4, -0.2) is 32.8 Å². The summed E-state index contributed by atoms with van der Waals surface area (Å²) in [5.74, 6) is -1.42. The van der Waals surface area contributed by atoms with Gasteiger partial charge in [0.1, 0.15) is 0 Å². The summed E-state index contributed by atoms with van der Waals surface area (Å²) >= 11 is 0. The van der Waals surface area contributed by atoms with Gasteiger partial charge in [-0.3, -0.25) is 9.59 Å². The fraction of sp³-hybridized carbons (Fsp3) is 0.385. The highest BCUT2D eigenvalue weighted by Gasteiger charge is 2.20. The lowest BCUT2D eigenvalue weighted by atomic mass is 10.1. The van der Waals surface area contributed by atoms with Gasteiger partial charge in [0.25, 0.3) is 15.9 Å². The van der Waals surface area contributed by atoms with E-state index in [9.17, 15) is 18.0 Å². The third-order valence-corrected chi connectivity index (χ3v) is 4.14. The Kier molecular flexibility index (Phi) is 5.86. The molecular weight excluding hydrogens is 294 g/mol. The number of carbonyl (C=O) groups is 2. The van der Waals surface area contributed by atoms with E-state index in [0.29, 0.717) is 0 Å². The highest BCUT2D eigenvalue weighted by atomic mass is 32.2. The first-order valence-corrected chi connectivity index (χ1v) is 7.86. The summed E-state index contributed by atoms with van der Waals surface area (Å²) in [6, 6.07) is 6.73. The van der Waals surface area contributed by atoms with Crippen LogP contribution in [-0.2, 0) is 19.6 Å². The van der Waals surface area contributed by atoms with Crippen molar-refractivity contribution in [2.45, 2.75) is 24.8 Å². The third kappa shape index (κ3) is 5.16. The summed E-state index contributed by atoms with van der Waals surface area (Å²) in [6.45, 7) is 3.08. The quantitative estimate of drug-likeness (QED) is 0.660. The number of nitrogens with one attached hydrogen (secondary N) is 2. The van der Waals surface area contributed by atoms with Gasteiger partial charge in [0, 0.05) is 0 Å². The number of hydrogen-bond acceptors (Lipinski definition) is 5. The van der Waals surface area contributed by atoms with Crippen LogP contribution in [0.25, 0.3) is 0 Å². The predicted molar refractivity (Wildman–Crippen MR) is 77.6 cm³/mol. The van der Waals surface area contributed by atoms with Crippen LogP contribution >= 0.6 is 0 Å². The molecule has 0 unspecified atom stereocenters. The molecule has 21 heavy (non-hydrogen) atoms. The van der Waals surface area contributed by atoms with Crippen molar-refractivity contribution >= 4 is 21.8 Å². The van der Waals surface area contributed by atoms with Crippen LogP contribution in [0.15, 0.2) is 35.2 Å². The number of nitrogens with two attached hydrogens (primary N) is 1. The van der Waals surface area contributed by atoms with Gasteiger partial charge in [-0.05, 0) is 18.1 Å². The normalized spacial score (nSPS) is 12.8. The SMILES string of the molecule is CC(C)[C@H](N)C(=O)NCC(=O)NS(=O)(=O)c1ccccc1. The van der Waals surface area contributed by atoms with E-state index in [1.54, 1.807) is 32.0 Å². The lowest BCUT2D eigenvalue weighted by Crippen LogP contribution is -2.47. The molecule has 1 aromatic carbocycles. The van der Waals surface area contributed by atoms with Gasteiger partial charge in [0.2, 0.25) is 5.91 Å². The van der Waals surface area contributed by atoms with Crippen molar-refractivity contribution in [1.29, 1.82) is 0 Å². The molecule has 1 atom stereocenters. The Morgan fingerprint density at radius 1 is 1.19 bits per heavy atom. The molecule has 0 aliphatic rings. The molecule has 4 N–H and O–H groups in total.